The minimum absolute atomic E-state index is 0.00194. The van der Waals surface area contributed by atoms with Gasteiger partial charge < -0.3 is 10.0 Å². The van der Waals surface area contributed by atoms with Crippen LogP contribution in [-0.4, -0.2) is 49.3 Å². The molecule has 1 fully saturated rings. The van der Waals surface area contributed by atoms with E-state index in [1.165, 1.54) is 12.1 Å². The van der Waals surface area contributed by atoms with Crippen LogP contribution in [0.15, 0.2) is 24.3 Å². The fourth-order valence-electron chi connectivity index (χ4n) is 2.63. The Morgan fingerprint density at radius 2 is 1.75 bits per heavy atom. The van der Waals surface area contributed by atoms with Crippen molar-refractivity contribution in [3.8, 4) is 0 Å². The summed E-state index contributed by atoms with van der Waals surface area (Å²) in [5.41, 5.74) is 1.09. The fourth-order valence-corrected chi connectivity index (χ4v) is 2.63. The van der Waals surface area contributed by atoms with Crippen LogP contribution in [0.5, 0.6) is 0 Å². The van der Waals surface area contributed by atoms with Crippen LogP contribution in [0, 0.1) is 11.2 Å². The molecule has 3 nitrogen and oxygen atoms in total. The third-order valence-electron chi connectivity index (χ3n) is 4.40. The van der Waals surface area contributed by atoms with Crippen LogP contribution in [0.2, 0.25) is 0 Å². The van der Waals surface area contributed by atoms with E-state index in [2.05, 4.69) is 23.6 Å². The number of aliphatic hydroxyl groups is 1. The van der Waals surface area contributed by atoms with Crippen molar-refractivity contribution in [2.45, 2.75) is 20.3 Å². The molecule has 1 N–H and O–H groups in total. The van der Waals surface area contributed by atoms with Crippen molar-refractivity contribution in [1.29, 1.82) is 0 Å². The molecule has 1 aliphatic rings. The van der Waals surface area contributed by atoms with Crippen molar-refractivity contribution < 1.29 is 9.50 Å². The zero-order valence-corrected chi connectivity index (χ0v) is 12.5. The second-order valence-corrected chi connectivity index (χ2v) is 6.06. The van der Waals surface area contributed by atoms with E-state index in [9.17, 15) is 9.50 Å². The molecule has 1 heterocycles. The van der Waals surface area contributed by atoms with Gasteiger partial charge in [-0.05, 0) is 30.7 Å². The van der Waals surface area contributed by atoms with Crippen molar-refractivity contribution in [2.75, 3.05) is 44.2 Å². The second-order valence-electron chi connectivity index (χ2n) is 6.06. The summed E-state index contributed by atoms with van der Waals surface area (Å²) in [4.78, 5) is 4.71. The first-order chi connectivity index (χ1) is 9.56. The van der Waals surface area contributed by atoms with Crippen molar-refractivity contribution >= 4 is 5.69 Å². The number of hydrogen-bond donors (Lipinski definition) is 1. The molecular formula is C16H25FN2O. The lowest BCUT2D eigenvalue weighted by Gasteiger charge is -2.40. The number of anilines is 1. The number of nitrogens with zero attached hydrogens (tertiary/aromatic N) is 2. The number of aliphatic hydroxyl groups excluding tert-OH is 1. The van der Waals surface area contributed by atoms with Gasteiger partial charge in [-0.15, -0.1) is 0 Å². The Kier molecular flexibility index (Phi) is 5.00. The molecule has 4 heteroatoms. The Hall–Kier alpha value is -1.13. The highest BCUT2D eigenvalue weighted by atomic mass is 19.1. The van der Waals surface area contributed by atoms with Gasteiger partial charge in [0.2, 0.25) is 0 Å². The van der Waals surface area contributed by atoms with Crippen LogP contribution in [0.25, 0.3) is 0 Å². The average molecular weight is 280 g/mol. The Labute approximate surface area is 121 Å². The van der Waals surface area contributed by atoms with Crippen LogP contribution in [-0.2, 0) is 0 Å². The lowest BCUT2D eigenvalue weighted by Crippen LogP contribution is -2.50. The fraction of sp³-hybridized carbons (Fsp3) is 0.625. The molecule has 1 aromatic rings. The molecule has 1 saturated heterocycles. The predicted molar refractivity (Wildman–Crippen MR) is 80.5 cm³/mol. The van der Waals surface area contributed by atoms with E-state index >= 15 is 0 Å². The van der Waals surface area contributed by atoms with E-state index in [4.69, 9.17) is 0 Å². The number of hydrogen-bond acceptors (Lipinski definition) is 3. The Bertz CT molecular complexity index is 409. The first-order valence-corrected chi connectivity index (χ1v) is 7.40. The zero-order valence-electron chi connectivity index (χ0n) is 12.5. The Balaban J connectivity index is 1.87. The molecule has 1 aliphatic heterocycles. The molecule has 2 rings (SSSR count). The highest BCUT2D eigenvalue weighted by Crippen LogP contribution is 2.23. The van der Waals surface area contributed by atoms with E-state index in [1.807, 2.05) is 12.1 Å². The van der Waals surface area contributed by atoms with Crippen LogP contribution in [0.3, 0.4) is 0 Å². The van der Waals surface area contributed by atoms with Gasteiger partial charge in [-0.2, -0.15) is 0 Å². The van der Waals surface area contributed by atoms with E-state index in [-0.39, 0.29) is 17.8 Å². The smallest absolute Gasteiger partial charge is 0.123 e. The SMILES string of the molecule is CCC(C)(CO)CN1CCN(c2ccc(F)cc2)CC1. The first kappa shape index (κ1) is 15.3. The first-order valence-electron chi connectivity index (χ1n) is 7.40. The quantitative estimate of drug-likeness (QED) is 0.897. The van der Waals surface area contributed by atoms with E-state index in [0.29, 0.717) is 0 Å². The molecule has 0 aromatic heterocycles. The van der Waals surface area contributed by atoms with Gasteiger partial charge in [-0.1, -0.05) is 13.8 Å². The second kappa shape index (κ2) is 6.55. The number of halogens is 1. The van der Waals surface area contributed by atoms with Crippen LogP contribution in [0.1, 0.15) is 20.3 Å². The van der Waals surface area contributed by atoms with Crippen LogP contribution >= 0.6 is 0 Å². The molecule has 0 bridgehead atoms. The zero-order chi connectivity index (χ0) is 14.6. The van der Waals surface area contributed by atoms with Gasteiger partial charge in [-0.25, -0.2) is 4.39 Å². The maximum Gasteiger partial charge on any atom is 0.123 e. The molecular weight excluding hydrogens is 255 g/mol. The summed E-state index contributed by atoms with van der Waals surface area (Å²) < 4.78 is 12.9. The standard InChI is InChI=1S/C16H25FN2O/c1-3-16(2,13-20)12-18-8-10-19(11-9-18)15-6-4-14(17)5-7-15/h4-7,20H,3,8-13H2,1-2H3. The third-order valence-corrected chi connectivity index (χ3v) is 4.40. The normalized spacial score (nSPS) is 19.9. The van der Waals surface area contributed by atoms with Crippen molar-refractivity contribution in [3.63, 3.8) is 0 Å². The molecule has 1 atom stereocenters. The Morgan fingerprint density at radius 3 is 2.25 bits per heavy atom. The summed E-state index contributed by atoms with van der Waals surface area (Å²) in [6, 6.07) is 6.72. The minimum atomic E-state index is -0.186. The van der Waals surface area contributed by atoms with Gasteiger partial charge in [0.15, 0.2) is 0 Å². The molecule has 1 aromatic carbocycles. The summed E-state index contributed by atoms with van der Waals surface area (Å²) in [6.45, 7) is 9.34. The Morgan fingerprint density at radius 1 is 1.15 bits per heavy atom. The predicted octanol–water partition coefficient (Wildman–Crippen LogP) is 2.36. The maximum atomic E-state index is 12.9. The molecule has 0 spiro atoms. The van der Waals surface area contributed by atoms with Crippen molar-refractivity contribution in [1.82, 2.24) is 4.90 Å². The summed E-state index contributed by atoms with van der Waals surface area (Å²) in [6.07, 6.45) is 0.988. The van der Waals surface area contributed by atoms with Gasteiger partial charge in [0.25, 0.3) is 0 Å². The summed E-state index contributed by atoms with van der Waals surface area (Å²) in [5, 5.41) is 9.50. The van der Waals surface area contributed by atoms with E-state index in [0.717, 1.165) is 44.8 Å². The van der Waals surface area contributed by atoms with Crippen molar-refractivity contribution in [3.05, 3.63) is 30.1 Å². The molecule has 0 aliphatic carbocycles. The highest BCUT2D eigenvalue weighted by molar-refractivity contribution is 5.46. The minimum Gasteiger partial charge on any atom is -0.396 e. The highest BCUT2D eigenvalue weighted by Gasteiger charge is 2.26. The van der Waals surface area contributed by atoms with Gasteiger partial charge in [-0.3, -0.25) is 4.90 Å². The molecule has 20 heavy (non-hydrogen) atoms. The van der Waals surface area contributed by atoms with Gasteiger partial charge in [0.05, 0.1) is 0 Å². The topological polar surface area (TPSA) is 26.7 Å². The van der Waals surface area contributed by atoms with Crippen molar-refractivity contribution in [2.24, 2.45) is 5.41 Å². The molecule has 0 radical (unpaired) electrons. The van der Waals surface area contributed by atoms with Crippen LogP contribution in [0.4, 0.5) is 10.1 Å². The van der Waals surface area contributed by atoms with Gasteiger partial charge in [0, 0.05) is 50.4 Å². The summed E-state index contributed by atoms with van der Waals surface area (Å²) >= 11 is 0. The van der Waals surface area contributed by atoms with Gasteiger partial charge >= 0.3 is 0 Å². The maximum absolute atomic E-state index is 12.9. The number of rotatable bonds is 5. The summed E-state index contributed by atoms with van der Waals surface area (Å²) in [7, 11) is 0. The lowest BCUT2D eigenvalue weighted by molar-refractivity contribution is 0.0818. The monoisotopic (exact) mass is 280 g/mol. The third kappa shape index (κ3) is 3.70. The molecule has 0 amide bonds. The lowest BCUT2D eigenvalue weighted by atomic mass is 9.88. The average Bonchev–Trinajstić information content (AvgIpc) is 2.49. The molecule has 0 saturated carbocycles. The van der Waals surface area contributed by atoms with E-state index < -0.39 is 0 Å². The molecule has 1 unspecified atom stereocenters. The number of piperazine rings is 1. The summed E-state index contributed by atoms with van der Waals surface area (Å²) in [5.74, 6) is -0.186. The van der Waals surface area contributed by atoms with Crippen LogP contribution < -0.4 is 4.90 Å². The molecule has 112 valence electrons. The largest absolute Gasteiger partial charge is 0.396 e. The number of benzene rings is 1. The van der Waals surface area contributed by atoms with E-state index in [1.54, 1.807) is 0 Å². The van der Waals surface area contributed by atoms with Gasteiger partial charge in [0.1, 0.15) is 5.82 Å².